The molecule has 23 heavy (non-hydrogen) atoms. The third-order valence-corrected chi connectivity index (χ3v) is 4.34. The highest BCUT2D eigenvalue weighted by Crippen LogP contribution is 2.28. The number of carbonyl (C=O) groups is 1. The number of fused-ring (bicyclic) bond motifs is 1. The molecule has 5 nitrogen and oxygen atoms in total. The number of benzene rings is 1. The lowest BCUT2D eigenvalue weighted by atomic mass is 9.97. The van der Waals surface area contributed by atoms with Crippen molar-refractivity contribution in [1.82, 2.24) is 10.2 Å². The lowest BCUT2D eigenvalue weighted by Gasteiger charge is -2.32. The fourth-order valence-corrected chi connectivity index (χ4v) is 3.22. The number of rotatable bonds is 2. The molecule has 0 aromatic heterocycles. The Labute approximate surface area is 138 Å². The number of hydrogen-bond donors (Lipinski definition) is 2. The maximum Gasteiger partial charge on any atom is 0.410 e. The summed E-state index contributed by atoms with van der Waals surface area (Å²) in [4.78, 5) is 14.1. The van der Waals surface area contributed by atoms with Crippen LogP contribution in [0.25, 0.3) is 0 Å². The molecular weight excluding hydrogens is 290 g/mol. The Hall–Kier alpha value is -1.75. The predicted octanol–water partition coefficient (Wildman–Crippen LogP) is 2.75. The van der Waals surface area contributed by atoms with Gasteiger partial charge >= 0.3 is 6.09 Å². The average molecular weight is 317 g/mol. The van der Waals surface area contributed by atoms with Gasteiger partial charge in [-0.15, -0.1) is 0 Å². The van der Waals surface area contributed by atoms with Gasteiger partial charge in [-0.05, 0) is 57.4 Å². The van der Waals surface area contributed by atoms with Crippen molar-refractivity contribution in [1.29, 1.82) is 0 Å². The number of anilines is 1. The Kier molecular flexibility index (Phi) is 4.48. The second-order valence-corrected chi connectivity index (χ2v) is 7.43. The molecule has 2 N–H and O–H groups in total. The van der Waals surface area contributed by atoms with E-state index in [9.17, 15) is 4.79 Å². The van der Waals surface area contributed by atoms with E-state index in [1.165, 1.54) is 16.8 Å². The van der Waals surface area contributed by atoms with Crippen LogP contribution < -0.4 is 10.6 Å². The molecule has 0 radical (unpaired) electrons. The van der Waals surface area contributed by atoms with Crippen molar-refractivity contribution in [2.45, 2.75) is 51.8 Å². The molecule has 1 aromatic carbocycles. The third kappa shape index (κ3) is 3.96. The summed E-state index contributed by atoms with van der Waals surface area (Å²) in [6.07, 6.45) is 1.81. The van der Waals surface area contributed by atoms with E-state index in [2.05, 4.69) is 28.8 Å². The second kappa shape index (κ2) is 6.40. The van der Waals surface area contributed by atoms with Gasteiger partial charge in [0.2, 0.25) is 0 Å². The van der Waals surface area contributed by atoms with E-state index in [4.69, 9.17) is 4.74 Å². The molecule has 1 aromatic rings. The standard InChI is InChI=1S/C18H27N3O2/c1-18(2,3)23-17(22)21-10-8-15-13(12-21)5-4-6-16(15)20-14-7-9-19-11-14/h4-6,14,19-20H,7-12H2,1-3H3. The lowest BCUT2D eigenvalue weighted by Crippen LogP contribution is -2.40. The van der Waals surface area contributed by atoms with E-state index in [0.29, 0.717) is 19.1 Å². The fourth-order valence-electron chi connectivity index (χ4n) is 3.22. The van der Waals surface area contributed by atoms with E-state index in [-0.39, 0.29) is 6.09 Å². The van der Waals surface area contributed by atoms with Gasteiger partial charge in [0.15, 0.2) is 0 Å². The lowest BCUT2D eigenvalue weighted by molar-refractivity contribution is 0.0224. The van der Waals surface area contributed by atoms with Crippen LogP contribution in [-0.4, -0.2) is 42.3 Å². The van der Waals surface area contributed by atoms with Crippen LogP contribution in [0.3, 0.4) is 0 Å². The minimum atomic E-state index is -0.448. The zero-order chi connectivity index (χ0) is 16.4. The van der Waals surface area contributed by atoms with Crippen molar-refractivity contribution in [3.63, 3.8) is 0 Å². The Balaban J connectivity index is 1.70. The van der Waals surface area contributed by atoms with E-state index in [1.54, 1.807) is 4.90 Å². The fraction of sp³-hybridized carbons (Fsp3) is 0.611. The number of nitrogens with zero attached hydrogens (tertiary/aromatic N) is 1. The largest absolute Gasteiger partial charge is 0.444 e. The van der Waals surface area contributed by atoms with Gasteiger partial charge in [0.05, 0.1) is 0 Å². The van der Waals surface area contributed by atoms with Crippen LogP contribution in [0.1, 0.15) is 38.3 Å². The van der Waals surface area contributed by atoms with Crippen molar-refractivity contribution in [2.75, 3.05) is 25.0 Å². The van der Waals surface area contributed by atoms with Crippen LogP contribution in [-0.2, 0) is 17.7 Å². The first-order valence-corrected chi connectivity index (χ1v) is 8.48. The first-order valence-electron chi connectivity index (χ1n) is 8.48. The molecule has 3 rings (SSSR count). The quantitative estimate of drug-likeness (QED) is 0.881. The first-order chi connectivity index (χ1) is 10.9. The van der Waals surface area contributed by atoms with Crippen molar-refractivity contribution in [3.8, 4) is 0 Å². The van der Waals surface area contributed by atoms with Crippen molar-refractivity contribution >= 4 is 11.8 Å². The molecule has 1 unspecified atom stereocenters. The van der Waals surface area contributed by atoms with Crippen LogP contribution in [0.5, 0.6) is 0 Å². The molecule has 1 atom stereocenters. The second-order valence-electron chi connectivity index (χ2n) is 7.43. The van der Waals surface area contributed by atoms with Crippen molar-refractivity contribution in [2.24, 2.45) is 0 Å². The minimum absolute atomic E-state index is 0.221. The van der Waals surface area contributed by atoms with Gasteiger partial charge < -0.3 is 20.3 Å². The summed E-state index contributed by atoms with van der Waals surface area (Å²) in [5, 5.41) is 7.04. The number of hydrogen-bond acceptors (Lipinski definition) is 4. The maximum absolute atomic E-state index is 12.3. The van der Waals surface area contributed by atoms with Crippen molar-refractivity contribution in [3.05, 3.63) is 29.3 Å². The van der Waals surface area contributed by atoms with E-state index < -0.39 is 5.60 Å². The Morgan fingerprint density at radius 3 is 2.91 bits per heavy atom. The van der Waals surface area contributed by atoms with E-state index in [0.717, 1.165) is 25.9 Å². The number of carbonyl (C=O) groups excluding carboxylic acids is 1. The van der Waals surface area contributed by atoms with Crippen LogP contribution in [0.4, 0.5) is 10.5 Å². The first kappa shape index (κ1) is 16.1. The smallest absolute Gasteiger partial charge is 0.410 e. The highest BCUT2D eigenvalue weighted by molar-refractivity contribution is 5.69. The normalized spacial score (nSPS) is 21.0. The highest BCUT2D eigenvalue weighted by Gasteiger charge is 2.27. The highest BCUT2D eigenvalue weighted by atomic mass is 16.6. The summed E-state index contributed by atoms with van der Waals surface area (Å²) in [6.45, 7) is 9.15. The Bertz CT molecular complexity index is 574. The maximum atomic E-state index is 12.3. The molecule has 0 spiro atoms. The van der Waals surface area contributed by atoms with E-state index >= 15 is 0 Å². The van der Waals surface area contributed by atoms with Crippen molar-refractivity contribution < 1.29 is 9.53 Å². The van der Waals surface area contributed by atoms with Crippen LogP contribution >= 0.6 is 0 Å². The summed E-state index contributed by atoms with van der Waals surface area (Å²) in [5.74, 6) is 0. The van der Waals surface area contributed by atoms with Crippen LogP contribution in [0, 0.1) is 0 Å². The predicted molar refractivity (Wildman–Crippen MR) is 91.7 cm³/mol. The van der Waals surface area contributed by atoms with Crippen LogP contribution in [0.15, 0.2) is 18.2 Å². The van der Waals surface area contributed by atoms with Crippen LogP contribution in [0.2, 0.25) is 0 Å². The number of amides is 1. The number of ether oxygens (including phenoxy) is 1. The summed E-state index contributed by atoms with van der Waals surface area (Å²) < 4.78 is 5.49. The van der Waals surface area contributed by atoms with Gasteiger partial charge in [0.1, 0.15) is 5.60 Å². The molecule has 1 fully saturated rings. The Morgan fingerprint density at radius 2 is 2.22 bits per heavy atom. The molecule has 1 amide bonds. The average Bonchev–Trinajstić information content (AvgIpc) is 2.98. The van der Waals surface area contributed by atoms with Gasteiger partial charge in [-0.25, -0.2) is 4.79 Å². The molecule has 126 valence electrons. The summed E-state index contributed by atoms with van der Waals surface area (Å²) in [6, 6.07) is 6.84. The summed E-state index contributed by atoms with van der Waals surface area (Å²) >= 11 is 0. The molecule has 1 saturated heterocycles. The van der Waals surface area contributed by atoms with Gasteiger partial charge in [-0.3, -0.25) is 0 Å². The molecule has 5 heteroatoms. The van der Waals surface area contributed by atoms with Gasteiger partial charge in [0, 0.05) is 31.4 Å². The summed E-state index contributed by atoms with van der Waals surface area (Å²) in [5.41, 5.74) is 3.34. The van der Waals surface area contributed by atoms with E-state index in [1.807, 2.05) is 20.8 Å². The van der Waals surface area contributed by atoms with Gasteiger partial charge in [0.25, 0.3) is 0 Å². The zero-order valence-corrected chi connectivity index (χ0v) is 14.3. The third-order valence-electron chi connectivity index (χ3n) is 4.34. The topological polar surface area (TPSA) is 53.6 Å². The molecular formula is C18H27N3O2. The zero-order valence-electron chi connectivity index (χ0n) is 14.3. The SMILES string of the molecule is CC(C)(C)OC(=O)N1CCc2c(cccc2NC2CCNC2)C1. The molecule has 2 heterocycles. The summed E-state index contributed by atoms with van der Waals surface area (Å²) in [7, 11) is 0. The molecule has 0 aliphatic carbocycles. The minimum Gasteiger partial charge on any atom is -0.444 e. The monoisotopic (exact) mass is 317 g/mol. The Morgan fingerprint density at radius 1 is 1.39 bits per heavy atom. The molecule has 2 aliphatic rings. The number of nitrogens with one attached hydrogen (secondary N) is 2. The van der Waals surface area contributed by atoms with Gasteiger partial charge in [-0.1, -0.05) is 12.1 Å². The molecule has 2 aliphatic heterocycles. The molecule has 0 bridgehead atoms. The van der Waals surface area contributed by atoms with Gasteiger partial charge in [-0.2, -0.15) is 0 Å². The molecule has 0 saturated carbocycles.